The van der Waals surface area contributed by atoms with E-state index in [4.69, 9.17) is 9.47 Å². The maximum Gasteiger partial charge on any atom is 0.330 e. The number of ether oxygens (including phenoxy) is 2. The summed E-state index contributed by atoms with van der Waals surface area (Å²) in [6.45, 7) is 9.69. The van der Waals surface area contributed by atoms with Crippen molar-refractivity contribution in [1.29, 1.82) is 0 Å². The van der Waals surface area contributed by atoms with Gasteiger partial charge in [-0.2, -0.15) is 0 Å². The molecular weight excluding hydrogens is 378 g/mol. The average Bonchev–Trinajstić information content (AvgIpc) is 2.68. The minimum atomic E-state index is -0.396. The highest BCUT2D eigenvalue weighted by atomic mass is 16.5. The first-order valence-corrected chi connectivity index (χ1v) is 10.3. The molecule has 0 aromatic heterocycles. The molecule has 1 fully saturated rings. The van der Waals surface area contributed by atoms with E-state index >= 15 is 0 Å². The van der Waals surface area contributed by atoms with E-state index in [-0.39, 0.29) is 17.4 Å². The Balaban J connectivity index is 1.60. The second kappa shape index (κ2) is 9.16. The molecule has 0 unspecified atom stereocenters. The van der Waals surface area contributed by atoms with Crippen LogP contribution in [-0.4, -0.2) is 42.6 Å². The number of carbonyl (C=O) groups is 2. The predicted molar refractivity (Wildman–Crippen MR) is 118 cm³/mol. The Hall–Kier alpha value is -3.08. The van der Waals surface area contributed by atoms with Crippen molar-refractivity contribution in [3.05, 3.63) is 71.3 Å². The number of nitrogens with zero attached hydrogens (tertiary/aromatic N) is 1. The van der Waals surface area contributed by atoms with Crippen LogP contribution >= 0.6 is 0 Å². The van der Waals surface area contributed by atoms with Crippen molar-refractivity contribution in [3.8, 4) is 5.75 Å². The molecule has 1 saturated heterocycles. The van der Waals surface area contributed by atoms with E-state index in [2.05, 4.69) is 26.8 Å². The van der Waals surface area contributed by atoms with E-state index < -0.39 is 5.97 Å². The lowest BCUT2D eigenvalue weighted by molar-refractivity contribution is -0.137. The van der Waals surface area contributed by atoms with Gasteiger partial charge in [-0.1, -0.05) is 51.1 Å². The van der Waals surface area contributed by atoms with E-state index in [1.165, 1.54) is 6.08 Å². The van der Waals surface area contributed by atoms with Gasteiger partial charge < -0.3 is 14.4 Å². The minimum Gasteiger partial charge on any atom is -0.486 e. The summed E-state index contributed by atoms with van der Waals surface area (Å²) in [5.74, 6) is 0.450. The molecule has 158 valence electrons. The quantitative estimate of drug-likeness (QED) is 0.524. The Labute approximate surface area is 178 Å². The van der Waals surface area contributed by atoms with Crippen LogP contribution in [0.25, 0.3) is 6.08 Å². The smallest absolute Gasteiger partial charge is 0.330 e. The number of hydrogen-bond acceptors (Lipinski definition) is 4. The summed E-state index contributed by atoms with van der Waals surface area (Å²) in [6.07, 6.45) is 3.01. The van der Waals surface area contributed by atoms with Crippen LogP contribution in [0.2, 0.25) is 0 Å². The highest BCUT2D eigenvalue weighted by Crippen LogP contribution is 2.32. The van der Waals surface area contributed by atoms with Gasteiger partial charge in [0.05, 0.1) is 19.7 Å². The van der Waals surface area contributed by atoms with Crippen molar-refractivity contribution < 1.29 is 19.1 Å². The van der Waals surface area contributed by atoms with Crippen LogP contribution in [0.4, 0.5) is 0 Å². The van der Waals surface area contributed by atoms with E-state index in [9.17, 15) is 9.59 Å². The number of esters is 1. The van der Waals surface area contributed by atoms with Crippen LogP contribution in [0.1, 0.15) is 49.2 Å². The summed E-state index contributed by atoms with van der Waals surface area (Å²) >= 11 is 0. The molecule has 0 spiro atoms. The number of hydrogen-bond donors (Lipinski definition) is 0. The second-order valence-corrected chi connectivity index (χ2v) is 8.41. The van der Waals surface area contributed by atoms with Gasteiger partial charge in [0.2, 0.25) is 0 Å². The lowest BCUT2D eigenvalue weighted by Gasteiger charge is -2.40. The summed E-state index contributed by atoms with van der Waals surface area (Å²) in [5, 5.41) is 0. The fraction of sp³-hybridized carbons (Fsp3) is 0.360. The highest BCUT2D eigenvalue weighted by Gasteiger charge is 2.33. The number of benzene rings is 2. The SMILES string of the molecule is CCOC(=O)/C=C/c1cccc(C(=O)N2CC(Oc3ccccc3C(C)(C)C)C2)c1. The van der Waals surface area contributed by atoms with E-state index in [0.29, 0.717) is 25.3 Å². The molecule has 2 aromatic carbocycles. The Morgan fingerprint density at radius 1 is 1.10 bits per heavy atom. The third-order valence-corrected chi connectivity index (χ3v) is 4.96. The first kappa shape index (κ1) is 21.6. The zero-order chi connectivity index (χ0) is 21.7. The number of likely N-dealkylation sites (tertiary alicyclic amines) is 1. The predicted octanol–water partition coefficient (Wildman–Crippen LogP) is 4.46. The van der Waals surface area contributed by atoms with Gasteiger partial charge >= 0.3 is 5.97 Å². The van der Waals surface area contributed by atoms with Crippen molar-refractivity contribution in [2.45, 2.75) is 39.2 Å². The molecule has 5 nitrogen and oxygen atoms in total. The third-order valence-electron chi connectivity index (χ3n) is 4.96. The van der Waals surface area contributed by atoms with Crippen molar-refractivity contribution >= 4 is 18.0 Å². The molecule has 0 saturated carbocycles. The van der Waals surface area contributed by atoms with Gasteiger partial charge in [0.1, 0.15) is 11.9 Å². The number of para-hydroxylation sites is 1. The zero-order valence-corrected chi connectivity index (χ0v) is 18.1. The second-order valence-electron chi connectivity index (χ2n) is 8.41. The van der Waals surface area contributed by atoms with Gasteiger partial charge in [0, 0.05) is 11.6 Å². The largest absolute Gasteiger partial charge is 0.486 e. The number of amides is 1. The molecule has 0 atom stereocenters. The van der Waals surface area contributed by atoms with Gasteiger partial charge in [-0.15, -0.1) is 0 Å². The van der Waals surface area contributed by atoms with E-state index in [1.54, 1.807) is 30.0 Å². The van der Waals surface area contributed by atoms with Crippen LogP contribution in [0.3, 0.4) is 0 Å². The number of carbonyl (C=O) groups excluding carboxylic acids is 2. The van der Waals surface area contributed by atoms with Gasteiger partial charge in [0.25, 0.3) is 5.91 Å². The molecule has 1 aliphatic heterocycles. The third kappa shape index (κ3) is 5.29. The molecule has 0 radical (unpaired) electrons. The Kier molecular flexibility index (Phi) is 6.60. The Morgan fingerprint density at radius 3 is 2.53 bits per heavy atom. The topological polar surface area (TPSA) is 55.8 Å². The first-order valence-electron chi connectivity index (χ1n) is 10.3. The lowest BCUT2D eigenvalue weighted by atomic mass is 9.86. The summed E-state index contributed by atoms with van der Waals surface area (Å²) in [7, 11) is 0. The normalized spacial score (nSPS) is 14.5. The molecule has 2 aromatic rings. The summed E-state index contributed by atoms with van der Waals surface area (Å²) in [5.41, 5.74) is 2.53. The van der Waals surface area contributed by atoms with Crippen molar-refractivity contribution in [3.63, 3.8) is 0 Å². The first-order chi connectivity index (χ1) is 14.3. The summed E-state index contributed by atoms with van der Waals surface area (Å²) in [4.78, 5) is 26.0. The van der Waals surface area contributed by atoms with E-state index in [1.807, 2.05) is 30.3 Å². The van der Waals surface area contributed by atoms with Gasteiger partial charge in [-0.05, 0) is 47.7 Å². The maximum atomic E-state index is 12.8. The molecule has 30 heavy (non-hydrogen) atoms. The molecule has 0 bridgehead atoms. The summed E-state index contributed by atoms with van der Waals surface area (Å²) in [6, 6.07) is 15.3. The van der Waals surface area contributed by atoms with Crippen LogP contribution in [0.15, 0.2) is 54.6 Å². The summed E-state index contributed by atoms with van der Waals surface area (Å²) < 4.78 is 11.1. The van der Waals surface area contributed by atoms with Crippen LogP contribution < -0.4 is 4.74 Å². The van der Waals surface area contributed by atoms with Crippen molar-refractivity contribution in [1.82, 2.24) is 4.90 Å². The molecule has 3 rings (SSSR count). The Bertz CT molecular complexity index is 936. The molecule has 1 amide bonds. The fourth-order valence-electron chi connectivity index (χ4n) is 3.36. The molecular formula is C25H29NO4. The van der Waals surface area contributed by atoms with Crippen LogP contribution in [0.5, 0.6) is 5.75 Å². The number of rotatable bonds is 6. The zero-order valence-electron chi connectivity index (χ0n) is 18.1. The minimum absolute atomic E-state index is 0.00659. The molecule has 0 aliphatic carbocycles. The highest BCUT2D eigenvalue weighted by molar-refractivity contribution is 5.95. The lowest BCUT2D eigenvalue weighted by Crippen LogP contribution is -2.56. The standard InChI is InChI=1S/C25H29NO4/c1-5-29-23(27)14-13-18-9-8-10-19(15-18)24(28)26-16-20(17-26)30-22-12-7-6-11-21(22)25(2,3)4/h6-15,20H,5,16-17H2,1-4H3/b14-13+. The van der Waals surface area contributed by atoms with Crippen LogP contribution in [0, 0.1) is 0 Å². The van der Waals surface area contributed by atoms with Gasteiger partial charge in [-0.25, -0.2) is 4.79 Å². The van der Waals surface area contributed by atoms with Crippen molar-refractivity contribution in [2.24, 2.45) is 0 Å². The average molecular weight is 408 g/mol. The molecule has 1 aliphatic rings. The van der Waals surface area contributed by atoms with Crippen molar-refractivity contribution in [2.75, 3.05) is 19.7 Å². The van der Waals surface area contributed by atoms with Gasteiger partial charge in [0.15, 0.2) is 0 Å². The maximum absolute atomic E-state index is 12.8. The van der Waals surface area contributed by atoms with Gasteiger partial charge in [-0.3, -0.25) is 4.79 Å². The monoisotopic (exact) mass is 407 g/mol. The molecule has 1 heterocycles. The molecule has 5 heteroatoms. The van der Waals surface area contributed by atoms with Crippen LogP contribution in [-0.2, 0) is 14.9 Å². The van der Waals surface area contributed by atoms with E-state index in [0.717, 1.165) is 16.9 Å². The Morgan fingerprint density at radius 2 is 1.83 bits per heavy atom. The fourth-order valence-corrected chi connectivity index (χ4v) is 3.36. The molecule has 0 N–H and O–H groups in total.